The van der Waals surface area contributed by atoms with Crippen LogP contribution in [0.2, 0.25) is 0 Å². The van der Waals surface area contributed by atoms with E-state index in [1.54, 1.807) is 41.1 Å². The van der Waals surface area contributed by atoms with Gasteiger partial charge in [-0.25, -0.2) is 4.68 Å². The average molecular weight is 510 g/mol. The van der Waals surface area contributed by atoms with Crippen molar-refractivity contribution < 1.29 is 14.0 Å². The quantitative estimate of drug-likeness (QED) is 0.183. The van der Waals surface area contributed by atoms with Gasteiger partial charge in [0.05, 0.1) is 17.1 Å². The number of carbonyl (C=O) groups excluding carboxylic acids is 2. The fourth-order valence-electron chi connectivity index (χ4n) is 4.42. The fourth-order valence-corrected chi connectivity index (χ4v) is 4.42. The SMILES string of the molecule is O=C(C=Cc1cn(-c2ccccc2)nc1-c1ccccc1)Nc1c(C(=O)c2ccccc2)oc2ccccc12. The van der Waals surface area contributed by atoms with E-state index in [2.05, 4.69) is 5.32 Å². The van der Waals surface area contributed by atoms with E-state index >= 15 is 0 Å². The molecule has 39 heavy (non-hydrogen) atoms. The maximum absolute atomic E-state index is 13.3. The number of nitrogens with zero attached hydrogens (tertiary/aromatic N) is 2. The molecule has 6 heteroatoms. The van der Waals surface area contributed by atoms with Gasteiger partial charge in [0.2, 0.25) is 11.7 Å². The number of fused-ring (bicyclic) bond motifs is 1. The zero-order valence-electron chi connectivity index (χ0n) is 20.8. The molecule has 6 rings (SSSR count). The largest absolute Gasteiger partial charge is 0.450 e. The number of furan rings is 1. The van der Waals surface area contributed by atoms with Crippen molar-refractivity contribution in [3.63, 3.8) is 0 Å². The Balaban J connectivity index is 1.34. The topological polar surface area (TPSA) is 77.1 Å². The minimum absolute atomic E-state index is 0.0889. The first-order valence-electron chi connectivity index (χ1n) is 12.5. The van der Waals surface area contributed by atoms with Crippen molar-refractivity contribution in [3.8, 4) is 16.9 Å². The number of carbonyl (C=O) groups is 2. The summed E-state index contributed by atoms with van der Waals surface area (Å²) in [4.78, 5) is 26.4. The van der Waals surface area contributed by atoms with Crippen LogP contribution in [0.15, 0.2) is 132 Å². The molecule has 0 aliphatic heterocycles. The molecule has 4 aromatic carbocycles. The maximum Gasteiger partial charge on any atom is 0.248 e. The number of rotatable bonds is 7. The third-order valence-corrected chi connectivity index (χ3v) is 6.31. The molecular formula is C33H23N3O3. The molecule has 0 bridgehead atoms. The lowest BCUT2D eigenvalue weighted by Gasteiger charge is -2.04. The highest BCUT2D eigenvalue weighted by Crippen LogP contribution is 2.33. The van der Waals surface area contributed by atoms with Crippen molar-refractivity contribution in [1.29, 1.82) is 0 Å². The first-order chi connectivity index (χ1) is 19.2. The lowest BCUT2D eigenvalue weighted by atomic mass is 10.1. The second-order valence-electron chi connectivity index (χ2n) is 8.90. The van der Waals surface area contributed by atoms with E-state index < -0.39 is 5.91 Å². The molecule has 6 aromatic rings. The van der Waals surface area contributed by atoms with E-state index in [0.717, 1.165) is 22.5 Å². The van der Waals surface area contributed by atoms with Crippen LogP contribution in [0.4, 0.5) is 5.69 Å². The van der Waals surface area contributed by atoms with E-state index in [-0.39, 0.29) is 11.5 Å². The summed E-state index contributed by atoms with van der Waals surface area (Å²) in [6, 6.07) is 35.7. The predicted molar refractivity (Wildman–Crippen MR) is 153 cm³/mol. The highest BCUT2D eigenvalue weighted by Gasteiger charge is 2.23. The summed E-state index contributed by atoms with van der Waals surface area (Å²) in [7, 11) is 0. The first-order valence-corrected chi connectivity index (χ1v) is 12.5. The van der Waals surface area contributed by atoms with Crippen molar-refractivity contribution in [3.05, 3.63) is 144 Å². The summed E-state index contributed by atoms with van der Waals surface area (Å²) < 4.78 is 7.70. The van der Waals surface area contributed by atoms with Crippen molar-refractivity contribution in [2.75, 3.05) is 5.32 Å². The van der Waals surface area contributed by atoms with E-state index in [1.807, 2.05) is 91.1 Å². The van der Waals surface area contributed by atoms with Gasteiger partial charge in [0.1, 0.15) is 5.58 Å². The Morgan fingerprint density at radius 2 is 1.41 bits per heavy atom. The number of anilines is 1. The van der Waals surface area contributed by atoms with Gasteiger partial charge in [-0.1, -0.05) is 91.0 Å². The minimum atomic E-state index is -0.393. The summed E-state index contributed by atoms with van der Waals surface area (Å²) >= 11 is 0. The number of amides is 1. The lowest BCUT2D eigenvalue weighted by molar-refractivity contribution is -0.111. The minimum Gasteiger partial charge on any atom is -0.450 e. The number of hydrogen-bond acceptors (Lipinski definition) is 4. The number of hydrogen-bond donors (Lipinski definition) is 1. The van der Waals surface area contributed by atoms with Gasteiger partial charge >= 0.3 is 0 Å². The number of ketones is 1. The van der Waals surface area contributed by atoms with Gasteiger partial charge in [0.25, 0.3) is 0 Å². The number of nitrogens with one attached hydrogen (secondary N) is 1. The molecule has 0 saturated carbocycles. The third-order valence-electron chi connectivity index (χ3n) is 6.31. The molecule has 1 N–H and O–H groups in total. The van der Waals surface area contributed by atoms with E-state index in [9.17, 15) is 9.59 Å². The molecule has 0 unspecified atom stereocenters. The molecule has 0 atom stereocenters. The van der Waals surface area contributed by atoms with Gasteiger partial charge < -0.3 is 9.73 Å². The highest BCUT2D eigenvalue weighted by molar-refractivity contribution is 6.18. The van der Waals surface area contributed by atoms with Crippen LogP contribution in [0.1, 0.15) is 21.7 Å². The number of aromatic nitrogens is 2. The molecule has 188 valence electrons. The van der Waals surface area contributed by atoms with Crippen LogP contribution < -0.4 is 5.32 Å². The van der Waals surface area contributed by atoms with E-state index in [4.69, 9.17) is 9.52 Å². The zero-order valence-corrected chi connectivity index (χ0v) is 20.8. The molecule has 0 fully saturated rings. The summed E-state index contributed by atoms with van der Waals surface area (Å²) in [5.74, 6) is -0.609. The van der Waals surface area contributed by atoms with Gasteiger partial charge in [-0.3, -0.25) is 9.59 Å². The van der Waals surface area contributed by atoms with Gasteiger partial charge in [0, 0.05) is 34.3 Å². The van der Waals surface area contributed by atoms with Crippen LogP contribution in [0.3, 0.4) is 0 Å². The summed E-state index contributed by atoms with van der Waals surface area (Å²) in [5.41, 5.74) is 4.71. The Kier molecular flexibility index (Phi) is 6.41. The van der Waals surface area contributed by atoms with Crippen LogP contribution in [-0.4, -0.2) is 21.5 Å². The van der Waals surface area contributed by atoms with Gasteiger partial charge in [0.15, 0.2) is 5.76 Å². The molecule has 1 amide bonds. The Morgan fingerprint density at radius 1 is 0.769 bits per heavy atom. The van der Waals surface area contributed by atoms with Gasteiger partial charge in [-0.05, 0) is 30.3 Å². The highest BCUT2D eigenvalue weighted by atomic mass is 16.3. The zero-order chi connectivity index (χ0) is 26.6. The Labute approximate surface area is 224 Å². The predicted octanol–water partition coefficient (Wildman–Crippen LogP) is 7.17. The first kappa shape index (κ1) is 23.9. The standard InChI is InChI=1S/C33H23N3O3/c37-29(34-31-27-18-10-11-19-28(27)39-33(31)32(38)24-14-6-2-7-15-24)21-20-25-22-36(26-16-8-3-9-17-26)35-30(25)23-12-4-1-5-13-23/h1-22H,(H,34,37). The molecule has 2 heterocycles. The van der Waals surface area contributed by atoms with Crippen molar-refractivity contribution in [2.45, 2.75) is 0 Å². The van der Waals surface area contributed by atoms with Crippen LogP contribution in [0.25, 0.3) is 34.0 Å². The van der Waals surface area contributed by atoms with Crippen LogP contribution in [0, 0.1) is 0 Å². The molecule has 0 saturated heterocycles. The average Bonchev–Trinajstić information content (AvgIpc) is 3.59. The maximum atomic E-state index is 13.3. The van der Waals surface area contributed by atoms with E-state index in [0.29, 0.717) is 22.2 Å². The molecule has 0 aliphatic rings. The Hall–Kier alpha value is -5.49. The molecule has 6 nitrogen and oxygen atoms in total. The van der Waals surface area contributed by atoms with Crippen molar-refractivity contribution in [1.82, 2.24) is 9.78 Å². The van der Waals surface area contributed by atoms with Crippen LogP contribution in [-0.2, 0) is 4.79 Å². The molecular weight excluding hydrogens is 486 g/mol. The molecule has 0 aliphatic carbocycles. The normalized spacial score (nSPS) is 11.2. The Morgan fingerprint density at radius 3 is 2.15 bits per heavy atom. The molecule has 0 spiro atoms. The second kappa shape index (κ2) is 10.5. The van der Waals surface area contributed by atoms with Crippen molar-refractivity contribution >= 4 is 34.4 Å². The summed E-state index contributed by atoms with van der Waals surface area (Å²) in [6.45, 7) is 0. The van der Waals surface area contributed by atoms with Crippen LogP contribution >= 0.6 is 0 Å². The molecule has 2 aromatic heterocycles. The monoisotopic (exact) mass is 509 g/mol. The van der Waals surface area contributed by atoms with E-state index in [1.165, 1.54) is 6.08 Å². The number of benzene rings is 4. The van der Waals surface area contributed by atoms with Gasteiger partial charge in [-0.15, -0.1) is 0 Å². The number of para-hydroxylation sites is 2. The smallest absolute Gasteiger partial charge is 0.248 e. The Bertz CT molecular complexity index is 1800. The van der Waals surface area contributed by atoms with Crippen molar-refractivity contribution in [2.24, 2.45) is 0 Å². The summed E-state index contributed by atoms with van der Waals surface area (Å²) in [5, 5.41) is 8.33. The fraction of sp³-hybridized carbons (Fsp3) is 0. The van der Waals surface area contributed by atoms with Crippen LogP contribution in [0.5, 0.6) is 0 Å². The third kappa shape index (κ3) is 4.91. The second-order valence-corrected chi connectivity index (χ2v) is 8.90. The summed E-state index contributed by atoms with van der Waals surface area (Å²) in [6.07, 6.45) is 5.06. The van der Waals surface area contributed by atoms with Gasteiger partial charge in [-0.2, -0.15) is 5.10 Å². The molecule has 0 radical (unpaired) electrons. The lowest BCUT2D eigenvalue weighted by Crippen LogP contribution is -2.11.